The smallest absolute Gasteiger partial charge is 0.298 e. The SMILES string of the molecule is CC#CC(=O)N1CCN(C2CCNc3c2nn(-c2ccc(Oc4ccccc4)cc2)c3C(N)=O)CC1. The van der Waals surface area contributed by atoms with E-state index in [1.165, 1.54) is 0 Å². The quantitative estimate of drug-likeness (QED) is 0.540. The zero-order chi connectivity index (χ0) is 25.1. The van der Waals surface area contributed by atoms with Gasteiger partial charge in [0.05, 0.1) is 17.4 Å². The fourth-order valence-corrected chi connectivity index (χ4v) is 4.79. The summed E-state index contributed by atoms with van der Waals surface area (Å²) in [5.41, 5.74) is 8.35. The number of hydrogen-bond donors (Lipinski definition) is 2. The first kappa shape index (κ1) is 23.5. The minimum absolute atomic E-state index is 0.0239. The molecule has 1 fully saturated rings. The van der Waals surface area contributed by atoms with E-state index in [-0.39, 0.29) is 11.9 Å². The second kappa shape index (κ2) is 10.1. The Morgan fingerprint density at radius 3 is 2.39 bits per heavy atom. The minimum Gasteiger partial charge on any atom is -0.457 e. The van der Waals surface area contributed by atoms with Gasteiger partial charge in [-0.25, -0.2) is 4.68 Å². The van der Waals surface area contributed by atoms with E-state index in [0.29, 0.717) is 55.5 Å². The lowest BCUT2D eigenvalue weighted by molar-refractivity contribution is -0.127. The Morgan fingerprint density at radius 1 is 1.03 bits per heavy atom. The van der Waals surface area contributed by atoms with Crippen LogP contribution in [0.5, 0.6) is 11.5 Å². The summed E-state index contributed by atoms with van der Waals surface area (Å²) in [7, 11) is 0. The van der Waals surface area contributed by atoms with Crippen molar-refractivity contribution in [3.8, 4) is 29.0 Å². The van der Waals surface area contributed by atoms with Gasteiger partial charge in [-0.3, -0.25) is 14.5 Å². The molecule has 0 bridgehead atoms. The molecule has 0 saturated carbocycles. The molecule has 1 unspecified atom stereocenters. The Kier molecular flexibility index (Phi) is 6.60. The molecule has 36 heavy (non-hydrogen) atoms. The van der Waals surface area contributed by atoms with E-state index >= 15 is 0 Å². The third-order valence-corrected chi connectivity index (χ3v) is 6.52. The fourth-order valence-electron chi connectivity index (χ4n) is 4.79. The molecule has 184 valence electrons. The van der Waals surface area contributed by atoms with Crippen molar-refractivity contribution in [2.75, 3.05) is 38.0 Å². The van der Waals surface area contributed by atoms with Crippen LogP contribution in [0.2, 0.25) is 0 Å². The summed E-state index contributed by atoms with van der Waals surface area (Å²) in [4.78, 5) is 28.8. The number of nitrogens with zero attached hydrogens (tertiary/aromatic N) is 4. The summed E-state index contributed by atoms with van der Waals surface area (Å²) < 4.78 is 7.50. The van der Waals surface area contributed by atoms with Crippen LogP contribution in [-0.4, -0.2) is 64.1 Å². The average molecular weight is 485 g/mol. The number of hydrogen-bond acceptors (Lipinski definition) is 6. The summed E-state index contributed by atoms with van der Waals surface area (Å²) in [6, 6.07) is 17.0. The van der Waals surface area contributed by atoms with Gasteiger partial charge >= 0.3 is 0 Å². The molecule has 1 atom stereocenters. The summed E-state index contributed by atoms with van der Waals surface area (Å²) in [6.45, 7) is 5.02. The van der Waals surface area contributed by atoms with Crippen LogP contribution in [0.15, 0.2) is 54.6 Å². The van der Waals surface area contributed by atoms with Crippen LogP contribution in [0, 0.1) is 11.8 Å². The Hall–Kier alpha value is -4.29. The van der Waals surface area contributed by atoms with Crippen molar-refractivity contribution in [2.24, 2.45) is 5.73 Å². The molecule has 0 aliphatic carbocycles. The molecule has 2 amide bonds. The molecule has 3 heterocycles. The number of amides is 2. The number of anilines is 1. The molecular weight excluding hydrogens is 456 g/mol. The summed E-state index contributed by atoms with van der Waals surface area (Å²) in [6.07, 6.45) is 0.842. The van der Waals surface area contributed by atoms with E-state index < -0.39 is 5.91 Å². The summed E-state index contributed by atoms with van der Waals surface area (Å²) in [5, 5.41) is 8.21. The van der Waals surface area contributed by atoms with Gasteiger partial charge in [-0.15, -0.1) is 0 Å². The predicted octanol–water partition coefficient (Wildman–Crippen LogP) is 2.79. The van der Waals surface area contributed by atoms with Gasteiger partial charge < -0.3 is 20.7 Å². The Labute approximate surface area is 209 Å². The molecule has 0 radical (unpaired) electrons. The molecule has 5 rings (SSSR count). The van der Waals surface area contributed by atoms with Crippen LogP contribution in [0.3, 0.4) is 0 Å². The topological polar surface area (TPSA) is 106 Å². The lowest BCUT2D eigenvalue weighted by Crippen LogP contribution is -2.50. The van der Waals surface area contributed by atoms with E-state index in [9.17, 15) is 9.59 Å². The van der Waals surface area contributed by atoms with Crippen LogP contribution in [0.1, 0.15) is 35.6 Å². The number of ether oxygens (including phenoxy) is 1. The van der Waals surface area contributed by atoms with E-state index in [4.69, 9.17) is 15.6 Å². The molecule has 3 aromatic rings. The largest absolute Gasteiger partial charge is 0.457 e. The zero-order valence-corrected chi connectivity index (χ0v) is 20.1. The molecule has 0 spiro atoms. The van der Waals surface area contributed by atoms with Crippen molar-refractivity contribution in [3.63, 3.8) is 0 Å². The van der Waals surface area contributed by atoms with Crippen LogP contribution < -0.4 is 15.8 Å². The van der Waals surface area contributed by atoms with Gasteiger partial charge in [0.15, 0.2) is 5.69 Å². The number of para-hydroxylation sites is 1. The van der Waals surface area contributed by atoms with Crippen LogP contribution in [0.4, 0.5) is 5.69 Å². The second-order valence-electron chi connectivity index (χ2n) is 8.73. The number of piperazine rings is 1. The number of fused-ring (bicyclic) bond motifs is 1. The molecule has 9 nitrogen and oxygen atoms in total. The summed E-state index contributed by atoms with van der Waals surface area (Å²) in [5.74, 6) is 6.03. The molecule has 2 aliphatic heterocycles. The highest BCUT2D eigenvalue weighted by atomic mass is 16.5. The zero-order valence-electron chi connectivity index (χ0n) is 20.1. The van der Waals surface area contributed by atoms with Crippen LogP contribution >= 0.6 is 0 Å². The number of rotatable bonds is 5. The number of carbonyl (C=O) groups excluding carboxylic acids is 2. The van der Waals surface area contributed by atoms with Gasteiger partial charge in [-0.1, -0.05) is 24.1 Å². The lowest BCUT2D eigenvalue weighted by atomic mass is 10.0. The average Bonchev–Trinajstić information content (AvgIpc) is 3.30. The Balaban J connectivity index is 1.40. The van der Waals surface area contributed by atoms with Crippen molar-refractivity contribution < 1.29 is 14.3 Å². The first-order valence-electron chi connectivity index (χ1n) is 12.0. The van der Waals surface area contributed by atoms with E-state index in [2.05, 4.69) is 22.1 Å². The van der Waals surface area contributed by atoms with Crippen molar-refractivity contribution in [2.45, 2.75) is 19.4 Å². The van der Waals surface area contributed by atoms with Crippen molar-refractivity contribution in [1.82, 2.24) is 19.6 Å². The molecule has 9 heteroatoms. The normalized spacial score (nSPS) is 17.4. The van der Waals surface area contributed by atoms with E-state index in [1.807, 2.05) is 54.6 Å². The summed E-state index contributed by atoms with van der Waals surface area (Å²) >= 11 is 0. The molecule has 2 aliphatic rings. The minimum atomic E-state index is -0.546. The molecule has 3 N–H and O–H groups in total. The number of carbonyl (C=O) groups is 2. The highest BCUT2D eigenvalue weighted by Gasteiger charge is 2.35. The number of nitrogens with one attached hydrogen (secondary N) is 1. The van der Waals surface area contributed by atoms with Crippen molar-refractivity contribution in [1.29, 1.82) is 0 Å². The van der Waals surface area contributed by atoms with Gasteiger partial charge in [-0.05, 0) is 55.7 Å². The Bertz CT molecular complexity index is 1320. The maximum atomic E-state index is 12.5. The lowest BCUT2D eigenvalue weighted by Gasteiger charge is -2.39. The monoisotopic (exact) mass is 484 g/mol. The second-order valence-corrected chi connectivity index (χ2v) is 8.73. The first-order chi connectivity index (χ1) is 17.5. The third kappa shape index (κ3) is 4.63. The maximum Gasteiger partial charge on any atom is 0.298 e. The molecule has 2 aromatic carbocycles. The number of aromatic nitrogens is 2. The maximum absolute atomic E-state index is 12.5. The third-order valence-electron chi connectivity index (χ3n) is 6.52. The Morgan fingerprint density at radius 2 is 1.72 bits per heavy atom. The molecule has 1 aromatic heterocycles. The number of nitrogens with two attached hydrogens (primary N) is 1. The highest BCUT2D eigenvalue weighted by Crippen LogP contribution is 2.37. The fraction of sp³-hybridized carbons (Fsp3) is 0.296. The molecular formula is C27H28N6O3. The standard InChI is InChI=1S/C27H28N6O3/c1-2-6-23(34)32-17-15-31(16-18-32)22-13-14-29-25-24(22)30-33(26(25)27(28)35)19-9-11-21(12-10-19)36-20-7-4-3-5-8-20/h3-5,7-12,22,29H,13-18H2,1H3,(H2,28,35). The predicted molar refractivity (Wildman–Crippen MR) is 136 cm³/mol. The van der Waals surface area contributed by atoms with Gasteiger partial charge in [0, 0.05) is 32.7 Å². The van der Waals surface area contributed by atoms with Gasteiger partial charge in [0.1, 0.15) is 17.2 Å². The van der Waals surface area contributed by atoms with Gasteiger partial charge in [0.25, 0.3) is 11.8 Å². The van der Waals surface area contributed by atoms with E-state index in [0.717, 1.165) is 17.9 Å². The highest BCUT2D eigenvalue weighted by molar-refractivity contribution is 5.98. The van der Waals surface area contributed by atoms with Gasteiger partial charge in [0.2, 0.25) is 0 Å². The number of benzene rings is 2. The number of primary amides is 1. The van der Waals surface area contributed by atoms with Crippen LogP contribution in [0.25, 0.3) is 5.69 Å². The first-order valence-corrected chi connectivity index (χ1v) is 12.0. The van der Waals surface area contributed by atoms with Crippen molar-refractivity contribution in [3.05, 3.63) is 66.0 Å². The molecule has 1 saturated heterocycles. The van der Waals surface area contributed by atoms with E-state index in [1.54, 1.807) is 16.5 Å². The van der Waals surface area contributed by atoms with Gasteiger partial charge in [-0.2, -0.15) is 5.10 Å². The van der Waals surface area contributed by atoms with Crippen molar-refractivity contribution >= 4 is 17.5 Å². The van der Waals surface area contributed by atoms with Crippen LogP contribution in [-0.2, 0) is 4.79 Å².